The van der Waals surface area contributed by atoms with Gasteiger partial charge in [-0.15, -0.1) is 0 Å². The molecule has 2 rings (SSSR count). The van der Waals surface area contributed by atoms with Gasteiger partial charge in [-0.3, -0.25) is 0 Å². The van der Waals surface area contributed by atoms with Crippen LogP contribution in [0.5, 0.6) is 0 Å². The number of aliphatic hydroxyl groups excluding tert-OH is 2. The minimum absolute atomic E-state index is 0.325. The van der Waals surface area contributed by atoms with Crippen molar-refractivity contribution in [2.45, 2.75) is 31.0 Å². The fourth-order valence-electron chi connectivity index (χ4n) is 1.98. The Morgan fingerprint density at radius 1 is 1.75 bits per heavy atom. The Morgan fingerprint density at radius 2 is 2.44 bits per heavy atom. The first-order valence-electron chi connectivity index (χ1n) is 4.99. The molecule has 16 heavy (non-hydrogen) atoms. The van der Waals surface area contributed by atoms with Crippen LogP contribution < -0.4 is 5.73 Å². The molecule has 0 saturated carbocycles. The van der Waals surface area contributed by atoms with E-state index in [1.54, 1.807) is 11.1 Å². The standard InChI is InChI=1S/C9H16N2O4S/c1-9(14)7(13)5(3-12)15-8(9)11-2-6(10)16-4-11/h2,5,7-8,12-14H,3-4,10H2,1H3/t5-,7-,8-,9-/m1/s1. The van der Waals surface area contributed by atoms with E-state index >= 15 is 0 Å². The summed E-state index contributed by atoms with van der Waals surface area (Å²) >= 11 is 1.43. The highest BCUT2D eigenvalue weighted by molar-refractivity contribution is 8.03. The Balaban J connectivity index is 2.16. The first kappa shape index (κ1) is 12.0. The molecule has 0 bridgehead atoms. The summed E-state index contributed by atoms with van der Waals surface area (Å²) in [6.45, 7) is 1.17. The molecule has 2 aliphatic rings. The van der Waals surface area contributed by atoms with Crippen LogP contribution in [0.15, 0.2) is 11.2 Å². The van der Waals surface area contributed by atoms with Crippen molar-refractivity contribution in [1.29, 1.82) is 0 Å². The second-order valence-corrected chi connectivity index (χ2v) is 5.22. The zero-order valence-electron chi connectivity index (χ0n) is 8.91. The van der Waals surface area contributed by atoms with Gasteiger partial charge in [0, 0.05) is 6.20 Å². The maximum absolute atomic E-state index is 10.2. The number of thioether (sulfide) groups is 1. The molecule has 0 radical (unpaired) electrons. The van der Waals surface area contributed by atoms with Crippen molar-refractivity contribution in [3.63, 3.8) is 0 Å². The van der Waals surface area contributed by atoms with Crippen LogP contribution in [0.2, 0.25) is 0 Å². The van der Waals surface area contributed by atoms with Crippen molar-refractivity contribution >= 4 is 11.8 Å². The average molecular weight is 248 g/mol. The van der Waals surface area contributed by atoms with E-state index < -0.39 is 24.0 Å². The molecule has 4 atom stereocenters. The number of hydrogen-bond acceptors (Lipinski definition) is 7. The van der Waals surface area contributed by atoms with E-state index in [-0.39, 0.29) is 6.61 Å². The smallest absolute Gasteiger partial charge is 0.162 e. The number of ether oxygens (including phenoxy) is 1. The number of nitrogens with zero attached hydrogens (tertiary/aromatic N) is 1. The van der Waals surface area contributed by atoms with Crippen LogP contribution in [0.25, 0.3) is 0 Å². The molecule has 0 amide bonds. The Kier molecular flexibility index (Phi) is 3.06. The lowest BCUT2D eigenvalue weighted by atomic mass is 9.96. The topological polar surface area (TPSA) is 99.2 Å². The minimum Gasteiger partial charge on any atom is -0.394 e. The van der Waals surface area contributed by atoms with Gasteiger partial charge in [0.25, 0.3) is 0 Å². The summed E-state index contributed by atoms with van der Waals surface area (Å²) in [6, 6.07) is 0. The first-order chi connectivity index (χ1) is 7.46. The molecular weight excluding hydrogens is 232 g/mol. The number of aliphatic hydroxyl groups is 3. The van der Waals surface area contributed by atoms with Gasteiger partial charge in [-0.2, -0.15) is 0 Å². The predicted molar refractivity (Wildman–Crippen MR) is 58.9 cm³/mol. The molecular formula is C9H16N2O4S. The monoisotopic (exact) mass is 248 g/mol. The third-order valence-corrected chi connectivity index (χ3v) is 3.78. The predicted octanol–water partition coefficient (Wildman–Crippen LogP) is -1.42. The summed E-state index contributed by atoms with van der Waals surface area (Å²) in [5, 5.41) is 29.6. The summed E-state index contributed by atoms with van der Waals surface area (Å²) in [5.41, 5.74) is 4.19. The van der Waals surface area contributed by atoms with Gasteiger partial charge in [0.05, 0.1) is 17.5 Å². The molecule has 0 aromatic rings. The van der Waals surface area contributed by atoms with E-state index in [9.17, 15) is 10.2 Å². The number of hydrogen-bond donors (Lipinski definition) is 4. The summed E-state index contributed by atoms with van der Waals surface area (Å²) in [5.74, 6) is 0.567. The van der Waals surface area contributed by atoms with E-state index in [0.29, 0.717) is 10.9 Å². The fourth-order valence-corrected chi connectivity index (χ4v) is 2.70. The van der Waals surface area contributed by atoms with Gasteiger partial charge in [-0.25, -0.2) is 0 Å². The first-order valence-corrected chi connectivity index (χ1v) is 5.98. The van der Waals surface area contributed by atoms with Gasteiger partial charge in [0.2, 0.25) is 0 Å². The maximum Gasteiger partial charge on any atom is 0.162 e. The van der Waals surface area contributed by atoms with Crippen LogP contribution in [0, 0.1) is 0 Å². The molecule has 1 saturated heterocycles. The largest absolute Gasteiger partial charge is 0.394 e. The van der Waals surface area contributed by atoms with Gasteiger partial charge in [0.1, 0.15) is 17.8 Å². The summed E-state index contributed by atoms with van der Waals surface area (Å²) < 4.78 is 5.43. The highest BCUT2D eigenvalue weighted by Crippen LogP contribution is 2.36. The third-order valence-electron chi connectivity index (χ3n) is 2.91. The van der Waals surface area contributed by atoms with Crippen molar-refractivity contribution in [2.75, 3.05) is 12.5 Å². The van der Waals surface area contributed by atoms with Gasteiger partial charge < -0.3 is 30.7 Å². The summed E-state index contributed by atoms with van der Waals surface area (Å²) in [7, 11) is 0. The summed E-state index contributed by atoms with van der Waals surface area (Å²) in [4.78, 5) is 1.72. The van der Waals surface area contributed by atoms with Crippen molar-refractivity contribution < 1.29 is 20.1 Å². The Morgan fingerprint density at radius 3 is 2.88 bits per heavy atom. The van der Waals surface area contributed by atoms with Crippen LogP contribution in [0.3, 0.4) is 0 Å². The van der Waals surface area contributed by atoms with E-state index in [2.05, 4.69) is 0 Å². The normalized spacial score (nSPS) is 43.9. The minimum atomic E-state index is -1.42. The molecule has 2 heterocycles. The van der Waals surface area contributed by atoms with E-state index in [1.165, 1.54) is 18.7 Å². The van der Waals surface area contributed by atoms with Crippen molar-refractivity contribution in [1.82, 2.24) is 4.90 Å². The molecule has 92 valence electrons. The van der Waals surface area contributed by atoms with Crippen molar-refractivity contribution in [3.8, 4) is 0 Å². The lowest BCUT2D eigenvalue weighted by Crippen LogP contribution is -2.51. The highest BCUT2D eigenvalue weighted by atomic mass is 32.2. The highest BCUT2D eigenvalue weighted by Gasteiger charge is 2.54. The molecule has 0 spiro atoms. The maximum atomic E-state index is 10.2. The van der Waals surface area contributed by atoms with Gasteiger partial charge in [-0.05, 0) is 6.92 Å². The van der Waals surface area contributed by atoms with Crippen LogP contribution in [0.1, 0.15) is 6.92 Å². The molecule has 0 aromatic carbocycles. The van der Waals surface area contributed by atoms with Crippen LogP contribution >= 0.6 is 11.8 Å². The Bertz CT molecular complexity index is 310. The number of rotatable bonds is 2. The van der Waals surface area contributed by atoms with Crippen LogP contribution in [0.4, 0.5) is 0 Å². The van der Waals surface area contributed by atoms with Crippen LogP contribution in [-0.2, 0) is 4.74 Å². The van der Waals surface area contributed by atoms with Gasteiger partial charge in [-0.1, -0.05) is 11.8 Å². The van der Waals surface area contributed by atoms with Gasteiger partial charge >= 0.3 is 0 Å². The van der Waals surface area contributed by atoms with E-state index in [4.69, 9.17) is 15.6 Å². The SMILES string of the molecule is C[C@@]1(O)[C@H](O)[C@@H](CO)O[C@H]1N1C=C(N)SC1. The Hall–Kier alpha value is -0.470. The lowest BCUT2D eigenvalue weighted by molar-refractivity contribution is -0.114. The molecule has 0 unspecified atom stereocenters. The quantitative estimate of drug-likeness (QED) is 0.476. The van der Waals surface area contributed by atoms with Crippen molar-refractivity contribution in [3.05, 3.63) is 11.2 Å². The fraction of sp³-hybridized carbons (Fsp3) is 0.778. The van der Waals surface area contributed by atoms with Gasteiger partial charge in [0.15, 0.2) is 6.23 Å². The lowest BCUT2D eigenvalue weighted by Gasteiger charge is -2.32. The van der Waals surface area contributed by atoms with E-state index in [1.807, 2.05) is 0 Å². The zero-order valence-corrected chi connectivity index (χ0v) is 9.72. The number of nitrogens with two attached hydrogens (primary N) is 1. The van der Waals surface area contributed by atoms with Crippen LogP contribution in [-0.4, -0.2) is 56.7 Å². The zero-order chi connectivity index (χ0) is 11.9. The molecule has 1 fully saturated rings. The third kappa shape index (κ3) is 1.78. The molecule has 6 nitrogen and oxygen atoms in total. The molecule has 0 aromatic heterocycles. The molecule has 0 aliphatic carbocycles. The second-order valence-electron chi connectivity index (χ2n) is 4.20. The molecule has 2 aliphatic heterocycles. The van der Waals surface area contributed by atoms with Crippen molar-refractivity contribution in [2.24, 2.45) is 5.73 Å². The second kappa shape index (κ2) is 4.08. The molecule has 7 heteroatoms. The summed E-state index contributed by atoms with van der Waals surface area (Å²) in [6.07, 6.45) is -0.882. The average Bonchev–Trinajstić information content (AvgIpc) is 2.72. The van der Waals surface area contributed by atoms with E-state index in [0.717, 1.165) is 0 Å². The Labute approximate surface area is 97.7 Å². The molecule has 5 N–H and O–H groups in total.